The molecule has 26 heavy (non-hydrogen) atoms. The van der Waals surface area contributed by atoms with Gasteiger partial charge in [-0.25, -0.2) is 0 Å². The highest BCUT2D eigenvalue weighted by Gasteiger charge is 2.46. The number of likely N-dealkylation sites (N-methyl/N-ethyl adjacent to an activating group) is 1. The average molecular weight is 354 g/mol. The summed E-state index contributed by atoms with van der Waals surface area (Å²) in [7, 11) is 4.14. The van der Waals surface area contributed by atoms with Crippen LogP contribution < -0.4 is 0 Å². The fraction of sp³-hybridized carbons (Fsp3) is 0.455. The Morgan fingerprint density at radius 1 is 1.08 bits per heavy atom. The van der Waals surface area contributed by atoms with Crippen molar-refractivity contribution in [1.82, 2.24) is 9.80 Å². The summed E-state index contributed by atoms with van der Waals surface area (Å²) in [4.78, 5) is 4.52. The van der Waals surface area contributed by atoms with Gasteiger partial charge in [-0.1, -0.05) is 60.7 Å². The summed E-state index contributed by atoms with van der Waals surface area (Å²) in [6.07, 6.45) is -0.0810. The van der Waals surface area contributed by atoms with Gasteiger partial charge in [-0.15, -0.1) is 0 Å². The van der Waals surface area contributed by atoms with Crippen molar-refractivity contribution in [3.05, 3.63) is 71.8 Å². The van der Waals surface area contributed by atoms with Crippen molar-refractivity contribution in [2.75, 3.05) is 40.3 Å². The van der Waals surface area contributed by atoms with Crippen molar-refractivity contribution >= 4 is 0 Å². The van der Waals surface area contributed by atoms with Crippen LogP contribution >= 0.6 is 0 Å². The number of hydrogen-bond acceptors (Lipinski definition) is 4. The van der Waals surface area contributed by atoms with E-state index in [0.717, 1.165) is 30.8 Å². The van der Waals surface area contributed by atoms with Gasteiger partial charge in [-0.05, 0) is 31.6 Å². The van der Waals surface area contributed by atoms with Crippen LogP contribution in [-0.2, 0) is 5.60 Å². The van der Waals surface area contributed by atoms with Crippen LogP contribution in [0.3, 0.4) is 0 Å². The van der Waals surface area contributed by atoms with E-state index < -0.39 is 11.7 Å². The topological polar surface area (TPSA) is 46.9 Å². The second-order valence-corrected chi connectivity index (χ2v) is 7.61. The van der Waals surface area contributed by atoms with Crippen molar-refractivity contribution in [2.24, 2.45) is 5.92 Å². The zero-order valence-corrected chi connectivity index (χ0v) is 15.8. The maximum Gasteiger partial charge on any atom is 0.0977 e. The molecule has 1 heterocycles. The minimum absolute atomic E-state index is 0.275. The molecule has 1 aliphatic heterocycles. The van der Waals surface area contributed by atoms with Crippen LogP contribution in [0, 0.1) is 5.92 Å². The van der Waals surface area contributed by atoms with Crippen LogP contribution in [0.4, 0.5) is 0 Å². The zero-order valence-electron chi connectivity index (χ0n) is 15.8. The van der Waals surface area contributed by atoms with Gasteiger partial charge in [-0.3, -0.25) is 0 Å². The molecule has 3 unspecified atom stereocenters. The number of nitrogens with zero attached hydrogens (tertiary/aromatic N) is 2. The van der Waals surface area contributed by atoms with Crippen LogP contribution in [0.5, 0.6) is 0 Å². The first kappa shape index (κ1) is 19.1. The maximum absolute atomic E-state index is 11.6. The van der Waals surface area contributed by atoms with E-state index in [1.807, 2.05) is 60.7 Å². The Morgan fingerprint density at radius 2 is 1.69 bits per heavy atom. The molecule has 0 aliphatic carbocycles. The molecule has 0 aromatic heterocycles. The quantitative estimate of drug-likeness (QED) is 0.837. The summed E-state index contributed by atoms with van der Waals surface area (Å²) in [6.45, 7) is 3.42. The van der Waals surface area contributed by atoms with Crippen LogP contribution in [0.2, 0.25) is 0 Å². The fourth-order valence-electron chi connectivity index (χ4n) is 3.91. The number of rotatable bonds is 6. The lowest BCUT2D eigenvalue weighted by Gasteiger charge is -2.47. The van der Waals surface area contributed by atoms with Gasteiger partial charge in [0.15, 0.2) is 0 Å². The third kappa shape index (κ3) is 4.15. The highest BCUT2D eigenvalue weighted by Crippen LogP contribution is 2.43. The first-order valence-electron chi connectivity index (χ1n) is 9.38. The molecule has 3 atom stereocenters. The molecule has 2 N–H and O–H groups in total. The lowest BCUT2D eigenvalue weighted by atomic mass is 9.72. The molecule has 0 bridgehead atoms. The van der Waals surface area contributed by atoms with Crippen molar-refractivity contribution < 1.29 is 10.2 Å². The summed E-state index contributed by atoms with van der Waals surface area (Å²) in [6, 6.07) is 19.5. The fourth-order valence-corrected chi connectivity index (χ4v) is 3.91. The zero-order chi connectivity index (χ0) is 18.6. The first-order chi connectivity index (χ1) is 12.5. The Hall–Kier alpha value is -1.72. The van der Waals surface area contributed by atoms with Crippen LogP contribution in [0.15, 0.2) is 60.7 Å². The Labute approximate surface area is 156 Å². The molecule has 2 aromatic carbocycles. The number of likely N-dealkylation sites (tertiary alicyclic amines) is 1. The molecule has 0 spiro atoms. The van der Waals surface area contributed by atoms with E-state index in [1.54, 1.807) is 0 Å². The van der Waals surface area contributed by atoms with Crippen molar-refractivity contribution in [3.63, 3.8) is 0 Å². The van der Waals surface area contributed by atoms with Crippen molar-refractivity contribution in [2.45, 2.75) is 18.1 Å². The van der Waals surface area contributed by atoms with E-state index in [-0.39, 0.29) is 5.92 Å². The lowest BCUT2D eigenvalue weighted by Crippen LogP contribution is -2.53. The highest BCUT2D eigenvalue weighted by atomic mass is 16.3. The summed E-state index contributed by atoms with van der Waals surface area (Å²) < 4.78 is 0. The number of aliphatic hydroxyl groups is 2. The molecule has 0 radical (unpaired) electrons. The molecule has 4 nitrogen and oxygen atoms in total. The Balaban J connectivity index is 1.88. The molecule has 2 aromatic rings. The lowest BCUT2D eigenvalue weighted by molar-refractivity contribution is -0.123. The normalized spacial score (nSPS) is 25.3. The van der Waals surface area contributed by atoms with Gasteiger partial charge in [0, 0.05) is 32.1 Å². The van der Waals surface area contributed by atoms with Crippen LogP contribution in [-0.4, -0.2) is 60.3 Å². The molecule has 1 fully saturated rings. The summed E-state index contributed by atoms with van der Waals surface area (Å²) in [5.74, 6) is -0.275. The molecule has 1 saturated heterocycles. The number of benzene rings is 2. The number of piperidine rings is 1. The van der Waals surface area contributed by atoms with E-state index in [2.05, 4.69) is 23.9 Å². The van der Waals surface area contributed by atoms with E-state index in [4.69, 9.17) is 0 Å². The van der Waals surface area contributed by atoms with Gasteiger partial charge in [0.2, 0.25) is 0 Å². The molecular formula is C22H30N2O2. The maximum atomic E-state index is 11.6. The Morgan fingerprint density at radius 3 is 2.31 bits per heavy atom. The molecule has 0 amide bonds. The van der Waals surface area contributed by atoms with Gasteiger partial charge in [0.1, 0.15) is 0 Å². The SMILES string of the molecule is CN(C)CCN1CCC(O)(c2ccccc2)C(C(O)c2ccccc2)C1. The third-order valence-corrected chi connectivity index (χ3v) is 5.54. The highest BCUT2D eigenvalue weighted by molar-refractivity contribution is 5.27. The molecular weight excluding hydrogens is 324 g/mol. The largest absolute Gasteiger partial charge is 0.388 e. The first-order valence-corrected chi connectivity index (χ1v) is 9.38. The molecule has 140 valence electrons. The summed E-state index contributed by atoms with van der Waals surface area (Å²) >= 11 is 0. The van der Waals surface area contributed by atoms with E-state index in [0.29, 0.717) is 13.0 Å². The van der Waals surface area contributed by atoms with Gasteiger partial charge in [0.25, 0.3) is 0 Å². The standard InChI is InChI=1S/C22H30N2O2/c1-23(2)15-16-24-14-13-22(26,19-11-7-4-8-12-19)20(17-24)21(25)18-9-5-3-6-10-18/h3-12,20-21,25-26H,13-17H2,1-2H3. The second kappa shape index (κ2) is 8.31. The molecule has 1 aliphatic rings. The van der Waals surface area contributed by atoms with Crippen molar-refractivity contribution in [3.8, 4) is 0 Å². The predicted octanol–water partition coefficient (Wildman–Crippen LogP) is 2.49. The van der Waals surface area contributed by atoms with Gasteiger partial charge in [0.05, 0.1) is 11.7 Å². The Bertz CT molecular complexity index is 677. The minimum atomic E-state index is -1.02. The number of hydrogen-bond donors (Lipinski definition) is 2. The monoisotopic (exact) mass is 354 g/mol. The minimum Gasteiger partial charge on any atom is -0.388 e. The second-order valence-electron chi connectivity index (χ2n) is 7.61. The predicted molar refractivity (Wildman–Crippen MR) is 105 cm³/mol. The van der Waals surface area contributed by atoms with Gasteiger partial charge >= 0.3 is 0 Å². The van der Waals surface area contributed by atoms with E-state index in [1.165, 1.54) is 0 Å². The summed E-state index contributed by atoms with van der Waals surface area (Å²) in [5, 5.41) is 22.8. The molecule has 3 rings (SSSR count). The van der Waals surface area contributed by atoms with Gasteiger partial charge in [-0.2, -0.15) is 0 Å². The Kier molecular flexibility index (Phi) is 6.09. The number of aliphatic hydroxyl groups excluding tert-OH is 1. The average Bonchev–Trinajstić information content (AvgIpc) is 2.68. The van der Waals surface area contributed by atoms with E-state index in [9.17, 15) is 10.2 Å². The van der Waals surface area contributed by atoms with Crippen LogP contribution in [0.1, 0.15) is 23.7 Å². The third-order valence-electron chi connectivity index (χ3n) is 5.54. The smallest absolute Gasteiger partial charge is 0.0977 e. The molecule has 4 heteroatoms. The van der Waals surface area contributed by atoms with Crippen LogP contribution in [0.25, 0.3) is 0 Å². The van der Waals surface area contributed by atoms with E-state index >= 15 is 0 Å². The summed E-state index contributed by atoms with van der Waals surface area (Å²) in [5.41, 5.74) is 0.735. The van der Waals surface area contributed by atoms with Crippen molar-refractivity contribution in [1.29, 1.82) is 0 Å². The van der Waals surface area contributed by atoms with Gasteiger partial charge < -0.3 is 20.0 Å². The molecule has 0 saturated carbocycles.